The van der Waals surface area contributed by atoms with Crippen molar-refractivity contribution in [2.75, 3.05) is 13.0 Å². The Morgan fingerprint density at radius 1 is 1.18 bits per heavy atom. The summed E-state index contributed by atoms with van der Waals surface area (Å²) in [5.41, 5.74) is 1.90. The zero-order valence-electron chi connectivity index (χ0n) is 9.21. The molecule has 2 aromatic rings. The third kappa shape index (κ3) is 1.93. The number of rotatable bonds is 2. The van der Waals surface area contributed by atoms with Crippen molar-refractivity contribution in [1.29, 1.82) is 0 Å². The Kier molecular flexibility index (Phi) is 2.60. The number of hydrogen-bond acceptors (Lipinski definition) is 5. The number of hydrogen-bond donors (Lipinski definition) is 0. The molecule has 2 heterocycles. The van der Waals surface area contributed by atoms with Crippen LogP contribution in [0.5, 0.6) is 11.5 Å². The highest BCUT2D eigenvalue weighted by atomic mass is 32.2. The lowest BCUT2D eigenvalue weighted by Crippen LogP contribution is -1.93. The van der Waals surface area contributed by atoms with Gasteiger partial charge < -0.3 is 9.47 Å². The maximum absolute atomic E-state index is 5.35. The van der Waals surface area contributed by atoms with Gasteiger partial charge in [0.1, 0.15) is 0 Å². The number of thioether (sulfide) groups is 1. The van der Waals surface area contributed by atoms with Crippen molar-refractivity contribution in [3.8, 4) is 22.8 Å². The van der Waals surface area contributed by atoms with E-state index in [1.807, 2.05) is 30.5 Å². The van der Waals surface area contributed by atoms with Gasteiger partial charge in [0, 0.05) is 11.8 Å². The summed E-state index contributed by atoms with van der Waals surface area (Å²) in [6.45, 7) is 0.290. The Hall–Kier alpha value is -1.75. The Morgan fingerprint density at radius 3 is 2.94 bits per heavy atom. The molecule has 5 heteroatoms. The first-order chi connectivity index (χ1) is 8.36. The van der Waals surface area contributed by atoms with Crippen molar-refractivity contribution in [1.82, 2.24) is 9.97 Å². The minimum Gasteiger partial charge on any atom is -0.454 e. The molecule has 0 amide bonds. The van der Waals surface area contributed by atoms with Crippen LogP contribution in [0.4, 0.5) is 0 Å². The largest absolute Gasteiger partial charge is 0.454 e. The Bertz CT molecular complexity index is 560. The zero-order chi connectivity index (χ0) is 11.7. The fourth-order valence-electron chi connectivity index (χ4n) is 1.66. The van der Waals surface area contributed by atoms with E-state index in [4.69, 9.17) is 9.47 Å². The lowest BCUT2D eigenvalue weighted by atomic mass is 10.1. The van der Waals surface area contributed by atoms with Gasteiger partial charge in [-0.1, -0.05) is 11.8 Å². The summed E-state index contributed by atoms with van der Waals surface area (Å²) in [5.74, 6) is 1.56. The molecule has 0 saturated heterocycles. The first-order valence-electron chi connectivity index (χ1n) is 5.14. The van der Waals surface area contributed by atoms with Crippen molar-refractivity contribution < 1.29 is 9.47 Å². The molecule has 0 bridgehead atoms. The van der Waals surface area contributed by atoms with E-state index < -0.39 is 0 Å². The molecule has 86 valence electrons. The van der Waals surface area contributed by atoms with E-state index in [1.165, 1.54) is 11.8 Å². The molecule has 1 aromatic heterocycles. The number of fused-ring (bicyclic) bond motifs is 1. The second-order valence-electron chi connectivity index (χ2n) is 3.50. The molecule has 0 unspecified atom stereocenters. The second kappa shape index (κ2) is 4.25. The highest BCUT2D eigenvalue weighted by Crippen LogP contribution is 2.35. The number of aromatic nitrogens is 2. The topological polar surface area (TPSA) is 44.2 Å². The highest BCUT2D eigenvalue weighted by Gasteiger charge is 2.14. The lowest BCUT2D eigenvalue weighted by Gasteiger charge is -2.03. The molecule has 0 atom stereocenters. The molecule has 17 heavy (non-hydrogen) atoms. The smallest absolute Gasteiger partial charge is 0.231 e. The van der Waals surface area contributed by atoms with E-state index in [2.05, 4.69) is 9.97 Å². The average molecular weight is 246 g/mol. The first kappa shape index (κ1) is 10.4. The Labute approximate surface area is 103 Å². The van der Waals surface area contributed by atoms with E-state index in [9.17, 15) is 0 Å². The van der Waals surface area contributed by atoms with E-state index in [1.54, 1.807) is 6.20 Å². The molecule has 0 aliphatic carbocycles. The normalized spacial score (nSPS) is 12.8. The zero-order valence-corrected chi connectivity index (χ0v) is 10.0. The van der Waals surface area contributed by atoms with E-state index in [0.29, 0.717) is 6.79 Å². The van der Waals surface area contributed by atoms with Crippen molar-refractivity contribution in [3.63, 3.8) is 0 Å². The fourth-order valence-corrected chi connectivity index (χ4v) is 2.01. The van der Waals surface area contributed by atoms with Gasteiger partial charge in [-0.25, -0.2) is 9.97 Å². The molecule has 1 aliphatic rings. The van der Waals surface area contributed by atoms with Gasteiger partial charge >= 0.3 is 0 Å². The molecular formula is C12H10N2O2S. The number of nitrogens with zero attached hydrogens (tertiary/aromatic N) is 2. The molecule has 0 N–H and O–H groups in total. The third-order valence-corrected chi connectivity index (χ3v) is 3.05. The summed E-state index contributed by atoms with van der Waals surface area (Å²) in [5, 5.41) is 0.764. The Morgan fingerprint density at radius 2 is 2.06 bits per heavy atom. The standard InChI is InChI=1S/C12H10N2O2S/c1-17-12-13-5-4-9(14-12)8-2-3-10-11(6-8)16-7-15-10/h2-6H,7H2,1H3. The van der Waals surface area contributed by atoms with Crippen LogP contribution in [0.3, 0.4) is 0 Å². The van der Waals surface area contributed by atoms with Gasteiger partial charge in [0.25, 0.3) is 0 Å². The first-order valence-corrected chi connectivity index (χ1v) is 6.36. The predicted molar refractivity (Wildman–Crippen MR) is 65.4 cm³/mol. The molecule has 4 nitrogen and oxygen atoms in total. The molecule has 0 saturated carbocycles. The molecule has 0 spiro atoms. The van der Waals surface area contributed by atoms with Crippen LogP contribution in [0.15, 0.2) is 35.6 Å². The summed E-state index contributed by atoms with van der Waals surface area (Å²) in [4.78, 5) is 8.59. The van der Waals surface area contributed by atoms with Crippen molar-refractivity contribution >= 4 is 11.8 Å². The monoisotopic (exact) mass is 246 g/mol. The molecular weight excluding hydrogens is 236 g/mol. The van der Waals surface area contributed by atoms with Crippen LogP contribution in [-0.2, 0) is 0 Å². The minimum atomic E-state index is 0.290. The maximum atomic E-state index is 5.35. The van der Waals surface area contributed by atoms with E-state index >= 15 is 0 Å². The third-order valence-electron chi connectivity index (χ3n) is 2.48. The minimum absolute atomic E-state index is 0.290. The quantitative estimate of drug-likeness (QED) is 0.602. The lowest BCUT2D eigenvalue weighted by molar-refractivity contribution is 0.174. The van der Waals surface area contributed by atoms with Crippen LogP contribution in [-0.4, -0.2) is 23.0 Å². The van der Waals surface area contributed by atoms with Gasteiger partial charge in [0.05, 0.1) is 5.69 Å². The summed E-state index contributed by atoms with van der Waals surface area (Å²) < 4.78 is 10.6. The van der Waals surface area contributed by atoms with Crippen LogP contribution in [0, 0.1) is 0 Å². The van der Waals surface area contributed by atoms with Crippen molar-refractivity contribution in [2.45, 2.75) is 5.16 Å². The second-order valence-corrected chi connectivity index (χ2v) is 4.27. The van der Waals surface area contributed by atoms with Crippen LogP contribution >= 0.6 is 11.8 Å². The van der Waals surface area contributed by atoms with E-state index in [0.717, 1.165) is 27.9 Å². The maximum Gasteiger partial charge on any atom is 0.231 e. The van der Waals surface area contributed by atoms with Gasteiger partial charge in [-0.3, -0.25) is 0 Å². The number of ether oxygens (including phenoxy) is 2. The van der Waals surface area contributed by atoms with Crippen LogP contribution in [0.1, 0.15) is 0 Å². The average Bonchev–Trinajstić information content (AvgIpc) is 2.86. The summed E-state index contributed by atoms with van der Waals surface area (Å²) in [6.07, 6.45) is 3.72. The Balaban J connectivity index is 2.03. The van der Waals surface area contributed by atoms with Gasteiger partial charge in [0.2, 0.25) is 6.79 Å². The van der Waals surface area contributed by atoms with Gasteiger partial charge in [0.15, 0.2) is 16.7 Å². The van der Waals surface area contributed by atoms with Crippen LogP contribution in [0.2, 0.25) is 0 Å². The van der Waals surface area contributed by atoms with E-state index in [-0.39, 0.29) is 0 Å². The van der Waals surface area contributed by atoms with Crippen molar-refractivity contribution in [2.24, 2.45) is 0 Å². The summed E-state index contributed by atoms with van der Waals surface area (Å²) in [6, 6.07) is 7.70. The highest BCUT2D eigenvalue weighted by molar-refractivity contribution is 7.98. The van der Waals surface area contributed by atoms with Crippen molar-refractivity contribution in [3.05, 3.63) is 30.5 Å². The molecule has 1 aromatic carbocycles. The molecule has 3 rings (SSSR count). The molecule has 1 aliphatic heterocycles. The number of benzene rings is 1. The van der Waals surface area contributed by atoms with Gasteiger partial charge in [-0.15, -0.1) is 0 Å². The summed E-state index contributed by atoms with van der Waals surface area (Å²) in [7, 11) is 0. The summed E-state index contributed by atoms with van der Waals surface area (Å²) >= 11 is 1.52. The fraction of sp³-hybridized carbons (Fsp3) is 0.167. The SMILES string of the molecule is CSc1nccc(-c2ccc3c(c2)OCO3)n1. The van der Waals surface area contributed by atoms with Crippen LogP contribution < -0.4 is 9.47 Å². The molecule has 0 radical (unpaired) electrons. The van der Waals surface area contributed by atoms with Crippen LogP contribution in [0.25, 0.3) is 11.3 Å². The molecule has 0 fully saturated rings. The van der Waals surface area contributed by atoms with Gasteiger partial charge in [-0.05, 0) is 30.5 Å². The predicted octanol–water partition coefficient (Wildman–Crippen LogP) is 2.59. The van der Waals surface area contributed by atoms with Gasteiger partial charge in [-0.2, -0.15) is 0 Å².